The number of aromatic nitrogens is 1. The number of amides is 1. The van der Waals surface area contributed by atoms with Gasteiger partial charge in [0.15, 0.2) is 5.76 Å². The van der Waals surface area contributed by atoms with Crippen molar-refractivity contribution in [2.45, 2.75) is 31.7 Å². The van der Waals surface area contributed by atoms with Crippen LogP contribution >= 0.6 is 0 Å². The Morgan fingerprint density at radius 2 is 1.83 bits per heavy atom. The Morgan fingerprint density at radius 3 is 2.43 bits per heavy atom. The summed E-state index contributed by atoms with van der Waals surface area (Å²) >= 11 is 0. The Balaban J connectivity index is 1.42. The molecule has 30 heavy (non-hydrogen) atoms. The van der Waals surface area contributed by atoms with E-state index in [1.54, 1.807) is 6.92 Å². The van der Waals surface area contributed by atoms with Crippen molar-refractivity contribution in [2.75, 3.05) is 44.2 Å². The van der Waals surface area contributed by atoms with Crippen LogP contribution in [0.1, 0.15) is 18.4 Å². The molecule has 9 nitrogen and oxygen atoms in total. The number of piperazine rings is 1. The highest BCUT2D eigenvalue weighted by Crippen LogP contribution is 2.19. The number of hydrogen-bond acceptors (Lipinski definition) is 7. The van der Waals surface area contributed by atoms with Crippen LogP contribution < -0.4 is 14.9 Å². The molecule has 1 fully saturated rings. The van der Waals surface area contributed by atoms with Crippen LogP contribution in [-0.4, -0.2) is 69.7 Å². The van der Waals surface area contributed by atoms with Gasteiger partial charge in [-0.05, 0) is 32.9 Å². The molecule has 1 aliphatic heterocycles. The highest BCUT2D eigenvalue weighted by atomic mass is 32.2. The molecule has 2 aromatic rings. The summed E-state index contributed by atoms with van der Waals surface area (Å²) in [5.74, 6) is -0.171. The third-order valence-electron chi connectivity index (χ3n) is 5.18. The van der Waals surface area contributed by atoms with Gasteiger partial charge in [0.05, 0.1) is 6.04 Å². The van der Waals surface area contributed by atoms with Crippen LogP contribution in [-0.2, 0) is 14.8 Å². The number of benzene rings is 1. The van der Waals surface area contributed by atoms with Crippen molar-refractivity contribution < 1.29 is 17.7 Å². The fourth-order valence-corrected chi connectivity index (χ4v) is 5.09. The zero-order chi connectivity index (χ0) is 21.7. The first-order valence-electron chi connectivity index (χ1n) is 10.0. The summed E-state index contributed by atoms with van der Waals surface area (Å²) in [6.45, 7) is 9.47. The number of nitrogens with zero attached hydrogens (tertiary/aromatic N) is 3. The third kappa shape index (κ3) is 5.38. The lowest BCUT2D eigenvalue weighted by molar-refractivity contribution is -0.122. The second kappa shape index (κ2) is 9.59. The number of hydrogen-bond donors (Lipinski definition) is 2. The summed E-state index contributed by atoms with van der Waals surface area (Å²) in [6, 6.07) is 9.41. The predicted molar refractivity (Wildman–Crippen MR) is 114 cm³/mol. The summed E-state index contributed by atoms with van der Waals surface area (Å²) < 4.78 is 32.3. The molecular formula is C20H29N5O4S. The van der Waals surface area contributed by atoms with E-state index in [0.29, 0.717) is 6.54 Å². The minimum atomic E-state index is -3.88. The van der Waals surface area contributed by atoms with Crippen molar-refractivity contribution in [1.29, 1.82) is 0 Å². The highest BCUT2D eigenvalue weighted by molar-refractivity contribution is 7.89. The topological polar surface area (TPSA) is 108 Å². The quantitative estimate of drug-likeness (QED) is 0.634. The predicted octanol–water partition coefficient (Wildman–Crippen LogP) is 0.897. The van der Waals surface area contributed by atoms with E-state index >= 15 is 0 Å². The van der Waals surface area contributed by atoms with Gasteiger partial charge in [-0.1, -0.05) is 23.4 Å². The number of nitrogens with one attached hydrogen (secondary N) is 2. The van der Waals surface area contributed by atoms with Crippen LogP contribution in [0.3, 0.4) is 0 Å². The van der Waals surface area contributed by atoms with Crippen molar-refractivity contribution in [1.82, 2.24) is 20.1 Å². The van der Waals surface area contributed by atoms with E-state index in [4.69, 9.17) is 4.52 Å². The van der Waals surface area contributed by atoms with Crippen LogP contribution in [0, 0.1) is 13.8 Å². The van der Waals surface area contributed by atoms with Gasteiger partial charge >= 0.3 is 0 Å². The van der Waals surface area contributed by atoms with Gasteiger partial charge in [-0.25, -0.2) is 8.42 Å². The molecule has 1 aromatic carbocycles. The minimum Gasteiger partial charge on any atom is -0.369 e. The number of carbonyl (C=O) groups excluding carboxylic acids is 1. The first-order valence-corrected chi connectivity index (χ1v) is 11.5. The zero-order valence-electron chi connectivity index (χ0n) is 17.6. The van der Waals surface area contributed by atoms with E-state index in [0.717, 1.165) is 32.7 Å². The van der Waals surface area contributed by atoms with Crippen LogP contribution in [0.25, 0.3) is 0 Å². The van der Waals surface area contributed by atoms with Crippen LogP contribution in [0.4, 0.5) is 5.69 Å². The number of carbonyl (C=O) groups is 1. The van der Waals surface area contributed by atoms with E-state index in [9.17, 15) is 13.2 Å². The Morgan fingerprint density at radius 1 is 1.17 bits per heavy atom. The average Bonchev–Trinajstić information content (AvgIpc) is 3.07. The minimum absolute atomic E-state index is 0.0153. The maximum atomic E-state index is 12.5. The van der Waals surface area contributed by atoms with Gasteiger partial charge in [-0.3, -0.25) is 9.69 Å². The Kier molecular flexibility index (Phi) is 7.11. The molecule has 0 radical (unpaired) electrons. The molecule has 1 saturated heterocycles. The summed E-state index contributed by atoms with van der Waals surface area (Å²) in [5, 5.41) is 6.47. The first-order chi connectivity index (χ1) is 14.3. The second-order valence-corrected chi connectivity index (χ2v) is 9.10. The molecule has 2 heterocycles. The molecule has 1 aliphatic rings. The maximum Gasteiger partial charge on any atom is 0.246 e. The molecule has 0 spiro atoms. The normalized spacial score (nSPS) is 16.4. The number of rotatable bonds is 8. The number of anilines is 1. The van der Waals surface area contributed by atoms with Crippen molar-refractivity contribution in [3.63, 3.8) is 0 Å². The molecule has 1 atom stereocenters. The Hall–Kier alpha value is -2.43. The molecule has 10 heteroatoms. The molecule has 1 amide bonds. The van der Waals surface area contributed by atoms with Gasteiger partial charge in [0.1, 0.15) is 10.6 Å². The fraction of sp³-hybridized carbons (Fsp3) is 0.500. The summed E-state index contributed by atoms with van der Waals surface area (Å²) in [6.07, 6.45) is 0. The van der Waals surface area contributed by atoms with E-state index in [-0.39, 0.29) is 22.3 Å². The largest absolute Gasteiger partial charge is 0.369 e. The van der Waals surface area contributed by atoms with Gasteiger partial charge in [0.2, 0.25) is 15.9 Å². The molecule has 0 unspecified atom stereocenters. The monoisotopic (exact) mass is 435 g/mol. The van der Waals surface area contributed by atoms with E-state index < -0.39 is 16.1 Å². The Labute approximate surface area is 177 Å². The summed E-state index contributed by atoms with van der Waals surface area (Å²) in [7, 11) is -3.88. The second-order valence-electron chi connectivity index (χ2n) is 7.45. The van der Waals surface area contributed by atoms with Gasteiger partial charge in [0.25, 0.3) is 0 Å². The van der Waals surface area contributed by atoms with E-state index in [1.165, 1.54) is 19.5 Å². The fourth-order valence-electron chi connectivity index (χ4n) is 3.56. The maximum absolute atomic E-state index is 12.5. The summed E-state index contributed by atoms with van der Waals surface area (Å²) in [5.41, 5.74) is 1.49. The van der Waals surface area contributed by atoms with Gasteiger partial charge in [-0.2, -0.15) is 4.72 Å². The standard InChI is InChI=1S/C20H29N5O4S/c1-15-19(17(3)29-22-15)30(27,28)23-16(2)20(26)21-9-10-24-11-13-25(14-12-24)18-7-5-4-6-8-18/h4-8,16,23H,9-14H2,1-3H3,(H,21,26)/t16-/m0/s1. The van der Waals surface area contributed by atoms with Crippen LogP contribution in [0.5, 0.6) is 0 Å². The Bertz CT molecular complexity index is 933. The summed E-state index contributed by atoms with van der Waals surface area (Å²) in [4.78, 5) is 17.0. The van der Waals surface area contributed by atoms with Gasteiger partial charge in [-0.15, -0.1) is 0 Å². The molecule has 2 N–H and O–H groups in total. The van der Waals surface area contributed by atoms with Crippen LogP contribution in [0.2, 0.25) is 0 Å². The lowest BCUT2D eigenvalue weighted by Gasteiger charge is -2.36. The zero-order valence-corrected chi connectivity index (χ0v) is 18.4. The lowest BCUT2D eigenvalue weighted by atomic mass is 10.2. The van der Waals surface area contributed by atoms with E-state index in [2.05, 4.69) is 37.1 Å². The molecule has 164 valence electrons. The van der Waals surface area contributed by atoms with Crippen molar-refractivity contribution >= 4 is 21.6 Å². The molecular weight excluding hydrogens is 406 g/mol. The van der Waals surface area contributed by atoms with Crippen molar-refractivity contribution in [3.05, 3.63) is 41.8 Å². The smallest absolute Gasteiger partial charge is 0.246 e. The van der Waals surface area contributed by atoms with Crippen molar-refractivity contribution in [2.24, 2.45) is 0 Å². The average molecular weight is 436 g/mol. The molecule has 3 rings (SSSR count). The van der Waals surface area contributed by atoms with Crippen molar-refractivity contribution in [3.8, 4) is 0 Å². The molecule has 1 aromatic heterocycles. The third-order valence-corrected chi connectivity index (χ3v) is 6.97. The number of aryl methyl sites for hydroxylation is 2. The van der Waals surface area contributed by atoms with Crippen LogP contribution in [0.15, 0.2) is 39.8 Å². The van der Waals surface area contributed by atoms with E-state index in [1.807, 2.05) is 18.2 Å². The number of para-hydroxylation sites is 1. The molecule has 0 bridgehead atoms. The molecule has 0 aliphatic carbocycles. The molecule has 0 saturated carbocycles. The number of sulfonamides is 1. The van der Waals surface area contributed by atoms with Gasteiger partial charge in [0, 0.05) is 45.0 Å². The first kappa shape index (κ1) is 22.3. The SMILES string of the molecule is Cc1noc(C)c1S(=O)(=O)N[C@@H](C)C(=O)NCCN1CCN(c2ccccc2)CC1. The van der Waals surface area contributed by atoms with Gasteiger partial charge < -0.3 is 14.7 Å². The highest BCUT2D eigenvalue weighted by Gasteiger charge is 2.28. The lowest BCUT2D eigenvalue weighted by Crippen LogP contribution is -2.50.